The van der Waals surface area contributed by atoms with Crippen LogP contribution in [-0.4, -0.2) is 56.6 Å². The zero-order valence-corrected chi connectivity index (χ0v) is 21.9. The van der Waals surface area contributed by atoms with Gasteiger partial charge in [-0.3, -0.25) is 0 Å². The number of fused-ring (bicyclic) bond motifs is 1. The van der Waals surface area contributed by atoms with Gasteiger partial charge in [0, 0.05) is 12.1 Å². The van der Waals surface area contributed by atoms with E-state index < -0.39 is 22.6 Å². The number of pyridine rings is 1. The van der Waals surface area contributed by atoms with E-state index in [4.69, 9.17) is 0 Å². The molecular weight excluding hydrogens is 545 g/mol. The molecule has 0 spiro atoms. The Morgan fingerprint density at radius 2 is 1.75 bits per heavy atom. The summed E-state index contributed by atoms with van der Waals surface area (Å²) in [5.41, 5.74) is 2.99. The van der Waals surface area contributed by atoms with Crippen molar-refractivity contribution in [3.63, 3.8) is 0 Å². The van der Waals surface area contributed by atoms with Crippen LogP contribution in [0.25, 0.3) is 28.0 Å². The van der Waals surface area contributed by atoms with Gasteiger partial charge in [0.05, 0.1) is 27.5 Å². The van der Waals surface area contributed by atoms with E-state index >= 15 is 0 Å². The fraction of sp³-hybridized carbons (Fsp3) is 0.192. The summed E-state index contributed by atoms with van der Waals surface area (Å²) in [6, 6.07) is 16.9. The Morgan fingerprint density at radius 3 is 2.45 bits per heavy atom. The number of hydrogen-bond donors (Lipinski definition) is 2. The lowest BCUT2D eigenvalue weighted by atomic mass is 10.1. The molecule has 0 aliphatic rings. The molecule has 0 aliphatic carbocycles. The molecule has 0 aliphatic heterocycles. The molecule has 2 aromatic carbocycles. The highest BCUT2D eigenvalue weighted by atomic mass is 32.2. The van der Waals surface area contributed by atoms with Gasteiger partial charge in [-0.15, -0.1) is 0 Å². The van der Waals surface area contributed by atoms with Crippen LogP contribution in [0.15, 0.2) is 78.2 Å². The Labute approximate surface area is 227 Å². The molecule has 0 saturated heterocycles. The predicted octanol–water partition coefficient (Wildman–Crippen LogP) is 4.65. The average Bonchev–Trinajstić information content (AvgIpc) is 3.50. The van der Waals surface area contributed by atoms with Crippen LogP contribution < -0.4 is 10.6 Å². The number of anilines is 2. The van der Waals surface area contributed by atoms with Crippen molar-refractivity contribution in [3.8, 4) is 16.9 Å². The van der Waals surface area contributed by atoms with E-state index in [9.17, 15) is 21.6 Å². The molecule has 0 saturated carbocycles. The molecule has 14 heteroatoms. The fourth-order valence-electron chi connectivity index (χ4n) is 3.87. The largest absolute Gasteiger partial charge is 0.405 e. The van der Waals surface area contributed by atoms with Crippen LogP contribution in [-0.2, 0) is 16.4 Å². The number of nitrogens with one attached hydrogen (secondary N) is 2. The lowest BCUT2D eigenvalue weighted by molar-refractivity contribution is -0.115. The number of halogens is 3. The molecule has 3 heterocycles. The van der Waals surface area contributed by atoms with Crippen molar-refractivity contribution in [1.82, 2.24) is 29.7 Å². The summed E-state index contributed by atoms with van der Waals surface area (Å²) < 4.78 is 65.5. The first-order valence-corrected chi connectivity index (χ1v) is 13.8. The third-order valence-electron chi connectivity index (χ3n) is 5.94. The SMILES string of the molecule is CCS(=O)(=O)c1cccc(-c2ccc3nc(NCc4ccc(-n5cncn5)cc4)nc(NCC(F)(F)F)c3n2)c1. The minimum atomic E-state index is -4.49. The molecule has 206 valence electrons. The normalized spacial score (nSPS) is 12.0. The first kappa shape index (κ1) is 27.0. The number of hydrogen-bond acceptors (Lipinski definition) is 9. The van der Waals surface area contributed by atoms with Crippen LogP contribution in [0.4, 0.5) is 24.9 Å². The lowest BCUT2D eigenvalue weighted by Crippen LogP contribution is -2.22. The Morgan fingerprint density at radius 1 is 0.950 bits per heavy atom. The fourth-order valence-corrected chi connectivity index (χ4v) is 4.79. The minimum Gasteiger partial charge on any atom is -0.359 e. The highest BCUT2D eigenvalue weighted by Crippen LogP contribution is 2.28. The molecule has 3 aromatic heterocycles. The van der Waals surface area contributed by atoms with Gasteiger partial charge < -0.3 is 10.6 Å². The van der Waals surface area contributed by atoms with Crippen LogP contribution in [0, 0.1) is 0 Å². The third-order valence-corrected chi connectivity index (χ3v) is 7.67. The van der Waals surface area contributed by atoms with Gasteiger partial charge in [0.25, 0.3) is 0 Å². The summed E-state index contributed by atoms with van der Waals surface area (Å²) >= 11 is 0. The van der Waals surface area contributed by atoms with Gasteiger partial charge in [-0.05, 0) is 42.0 Å². The number of nitrogens with zero attached hydrogens (tertiary/aromatic N) is 6. The van der Waals surface area contributed by atoms with Gasteiger partial charge in [0.2, 0.25) is 5.95 Å². The summed E-state index contributed by atoms with van der Waals surface area (Å²) in [5.74, 6) is -0.0588. The van der Waals surface area contributed by atoms with E-state index in [1.54, 1.807) is 42.2 Å². The number of sulfone groups is 1. The molecule has 0 fully saturated rings. The van der Waals surface area contributed by atoms with Crippen molar-refractivity contribution in [2.45, 2.75) is 24.5 Å². The molecule has 0 amide bonds. The zero-order chi connectivity index (χ0) is 28.3. The zero-order valence-electron chi connectivity index (χ0n) is 21.1. The van der Waals surface area contributed by atoms with Crippen molar-refractivity contribution in [2.24, 2.45) is 0 Å². The molecule has 40 heavy (non-hydrogen) atoms. The molecule has 0 bridgehead atoms. The first-order chi connectivity index (χ1) is 19.1. The predicted molar refractivity (Wildman–Crippen MR) is 144 cm³/mol. The quantitative estimate of drug-likeness (QED) is 0.261. The molecule has 5 aromatic rings. The maximum Gasteiger partial charge on any atom is 0.405 e. The molecule has 0 radical (unpaired) electrons. The van der Waals surface area contributed by atoms with Crippen LogP contribution in [0.2, 0.25) is 0 Å². The average molecular weight is 569 g/mol. The minimum absolute atomic E-state index is 0.0668. The molecule has 2 N–H and O–H groups in total. The second-order valence-electron chi connectivity index (χ2n) is 8.72. The second-order valence-corrected chi connectivity index (χ2v) is 11.0. The van der Waals surface area contributed by atoms with Crippen LogP contribution in [0.3, 0.4) is 0 Å². The summed E-state index contributed by atoms with van der Waals surface area (Å²) in [6.45, 7) is 0.538. The Hall–Kier alpha value is -4.59. The Bertz CT molecular complexity index is 1740. The van der Waals surface area contributed by atoms with Crippen LogP contribution in [0.1, 0.15) is 12.5 Å². The molecule has 5 rings (SSSR count). The maximum atomic E-state index is 13.1. The van der Waals surface area contributed by atoms with E-state index in [0.717, 1.165) is 11.3 Å². The van der Waals surface area contributed by atoms with Crippen molar-refractivity contribution < 1.29 is 21.6 Å². The van der Waals surface area contributed by atoms with Crippen molar-refractivity contribution in [3.05, 3.63) is 78.9 Å². The summed E-state index contributed by atoms with van der Waals surface area (Å²) in [4.78, 5) is 17.3. The van der Waals surface area contributed by atoms with Gasteiger partial charge in [0.15, 0.2) is 15.7 Å². The number of alkyl halides is 3. The van der Waals surface area contributed by atoms with E-state index in [2.05, 4.69) is 35.7 Å². The van der Waals surface area contributed by atoms with E-state index in [0.29, 0.717) is 23.3 Å². The van der Waals surface area contributed by atoms with Crippen molar-refractivity contribution in [1.29, 1.82) is 0 Å². The van der Waals surface area contributed by atoms with Gasteiger partial charge in [0.1, 0.15) is 24.7 Å². The highest BCUT2D eigenvalue weighted by molar-refractivity contribution is 7.91. The standard InChI is InChI=1S/C26H23F3N8O2S/c1-2-40(38,39)20-5-3-4-18(12-20)21-10-11-22-23(34-21)24(32-14-26(27,28)29)36-25(35-22)31-13-17-6-8-19(9-7-17)37-16-30-15-33-37/h3-12,15-16H,2,13-14H2,1H3,(H2,31,32,35,36). The maximum absolute atomic E-state index is 13.1. The van der Waals surface area contributed by atoms with Crippen molar-refractivity contribution >= 4 is 32.6 Å². The first-order valence-electron chi connectivity index (χ1n) is 12.1. The molecular formula is C26H23F3N8O2S. The molecule has 10 nitrogen and oxygen atoms in total. The lowest BCUT2D eigenvalue weighted by Gasteiger charge is -2.14. The smallest absolute Gasteiger partial charge is 0.359 e. The van der Waals surface area contributed by atoms with Crippen LogP contribution >= 0.6 is 0 Å². The summed E-state index contributed by atoms with van der Waals surface area (Å²) in [7, 11) is -3.46. The van der Waals surface area contributed by atoms with Gasteiger partial charge in [-0.1, -0.05) is 31.2 Å². The van der Waals surface area contributed by atoms with Crippen molar-refractivity contribution in [2.75, 3.05) is 22.9 Å². The van der Waals surface area contributed by atoms with Gasteiger partial charge >= 0.3 is 6.18 Å². The summed E-state index contributed by atoms with van der Waals surface area (Å²) in [5, 5.41) is 9.45. The van der Waals surface area contributed by atoms with E-state index in [1.807, 2.05) is 24.3 Å². The molecule has 0 atom stereocenters. The third kappa shape index (κ3) is 6.17. The highest BCUT2D eigenvalue weighted by Gasteiger charge is 2.27. The topological polar surface area (TPSA) is 128 Å². The molecule has 0 unspecified atom stereocenters. The van der Waals surface area contributed by atoms with Crippen LogP contribution in [0.5, 0.6) is 0 Å². The Kier molecular flexibility index (Phi) is 7.34. The number of aromatic nitrogens is 6. The second kappa shape index (κ2) is 10.9. The van der Waals surface area contributed by atoms with Gasteiger partial charge in [-0.2, -0.15) is 23.3 Å². The number of benzene rings is 2. The Balaban J connectivity index is 1.45. The van der Waals surface area contributed by atoms with E-state index in [-0.39, 0.29) is 27.9 Å². The monoisotopic (exact) mass is 568 g/mol. The van der Waals surface area contributed by atoms with E-state index in [1.165, 1.54) is 18.5 Å². The summed E-state index contributed by atoms with van der Waals surface area (Å²) in [6.07, 6.45) is -1.48. The number of rotatable bonds is 9. The van der Waals surface area contributed by atoms with Gasteiger partial charge in [-0.25, -0.2) is 28.1 Å².